The number of thioether (sulfide) groups is 1. The number of Topliss-reactive ketones (excluding diaryl/α,β-unsaturated/α-hetero) is 1. The summed E-state index contributed by atoms with van der Waals surface area (Å²) in [7, 11) is 0. The summed E-state index contributed by atoms with van der Waals surface area (Å²) in [4.78, 5) is 24.9. The molecule has 4 aromatic rings. The highest BCUT2D eigenvalue weighted by molar-refractivity contribution is 8.00. The number of ether oxygens (including phenoxy) is 1. The predicted octanol–water partition coefficient (Wildman–Crippen LogP) is 5.48. The lowest BCUT2D eigenvalue weighted by Crippen LogP contribution is -2.24. The fourth-order valence-electron chi connectivity index (χ4n) is 3.51. The zero-order valence-corrected chi connectivity index (χ0v) is 20.6. The lowest BCUT2D eigenvalue weighted by atomic mass is 10.1. The van der Waals surface area contributed by atoms with Gasteiger partial charge >= 0.3 is 0 Å². The third-order valence-electron chi connectivity index (χ3n) is 5.38. The molecule has 0 bridgehead atoms. The highest BCUT2D eigenvalue weighted by Gasteiger charge is 2.22. The average molecular weight is 487 g/mol. The lowest BCUT2D eigenvalue weighted by molar-refractivity contribution is -0.115. The van der Waals surface area contributed by atoms with Crippen LogP contribution in [0, 0.1) is 6.92 Å². The average Bonchev–Trinajstić information content (AvgIpc) is 3.26. The Hall–Kier alpha value is -3.91. The number of ketones is 1. The molecule has 7 nitrogen and oxygen atoms in total. The van der Waals surface area contributed by atoms with Gasteiger partial charge in [0.2, 0.25) is 5.91 Å². The van der Waals surface area contributed by atoms with E-state index in [1.807, 2.05) is 66.1 Å². The molecule has 0 radical (unpaired) electrons. The van der Waals surface area contributed by atoms with Crippen LogP contribution in [0.3, 0.4) is 0 Å². The van der Waals surface area contributed by atoms with Gasteiger partial charge in [0.05, 0.1) is 10.9 Å². The Kier molecular flexibility index (Phi) is 7.62. The van der Waals surface area contributed by atoms with Crippen molar-refractivity contribution in [2.45, 2.75) is 37.8 Å². The topological polar surface area (TPSA) is 86.1 Å². The summed E-state index contributed by atoms with van der Waals surface area (Å²) < 4.78 is 7.92. The second-order valence-corrected chi connectivity index (χ2v) is 9.28. The molecule has 3 aromatic carbocycles. The molecule has 1 unspecified atom stereocenters. The number of amides is 1. The molecule has 1 atom stereocenters. The largest absolute Gasteiger partial charge is 0.485 e. The number of aryl methyl sites for hydroxylation is 1. The van der Waals surface area contributed by atoms with Crippen LogP contribution in [0.15, 0.2) is 84.0 Å². The van der Waals surface area contributed by atoms with E-state index in [4.69, 9.17) is 4.74 Å². The van der Waals surface area contributed by atoms with E-state index in [1.54, 1.807) is 31.2 Å². The first-order valence-electron chi connectivity index (χ1n) is 11.2. The van der Waals surface area contributed by atoms with Crippen LogP contribution in [-0.4, -0.2) is 31.7 Å². The van der Waals surface area contributed by atoms with E-state index < -0.39 is 5.25 Å². The predicted molar refractivity (Wildman–Crippen MR) is 137 cm³/mol. The van der Waals surface area contributed by atoms with E-state index in [0.29, 0.717) is 22.2 Å². The maximum Gasteiger partial charge on any atom is 0.237 e. The first kappa shape index (κ1) is 24.2. The fraction of sp³-hybridized carbons (Fsp3) is 0.185. The van der Waals surface area contributed by atoms with Crippen LogP contribution < -0.4 is 10.1 Å². The molecule has 1 aromatic heterocycles. The normalized spacial score (nSPS) is 11.6. The smallest absolute Gasteiger partial charge is 0.237 e. The van der Waals surface area contributed by atoms with Gasteiger partial charge in [-0.3, -0.25) is 14.2 Å². The van der Waals surface area contributed by atoms with Crippen LogP contribution in [0.2, 0.25) is 0 Å². The summed E-state index contributed by atoms with van der Waals surface area (Å²) in [5.74, 6) is 1.06. The number of carbonyl (C=O) groups is 2. The van der Waals surface area contributed by atoms with E-state index >= 15 is 0 Å². The van der Waals surface area contributed by atoms with Crippen LogP contribution in [0.4, 0.5) is 5.69 Å². The second kappa shape index (κ2) is 11.0. The molecule has 0 saturated carbocycles. The van der Waals surface area contributed by atoms with Gasteiger partial charge < -0.3 is 10.1 Å². The number of aromatic nitrogens is 3. The molecule has 0 saturated heterocycles. The van der Waals surface area contributed by atoms with Crippen molar-refractivity contribution in [3.63, 3.8) is 0 Å². The van der Waals surface area contributed by atoms with E-state index in [-0.39, 0.29) is 18.3 Å². The van der Waals surface area contributed by atoms with Crippen molar-refractivity contribution in [3.05, 3.63) is 95.8 Å². The number of rotatable bonds is 9. The number of anilines is 1. The van der Waals surface area contributed by atoms with Gasteiger partial charge in [-0.15, -0.1) is 10.2 Å². The summed E-state index contributed by atoms with van der Waals surface area (Å²) in [6.07, 6.45) is 0. The molecular formula is C27H26N4O3S. The van der Waals surface area contributed by atoms with Crippen LogP contribution in [0.5, 0.6) is 5.75 Å². The SMILES string of the molecule is CC(=O)c1ccccc1NC(=O)C(C)Sc1nnc(COc2ccccc2C)n1-c1ccccc1. The molecule has 0 aliphatic carbocycles. The Morgan fingerprint density at radius 3 is 2.40 bits per heavy atom. The highest BCUT2D eigenvalue weighted by Crippen LogP contribution is 2.28. The Morgan fingerprint density at radius 2 is 1.66 bits per heavy atom. The minimum atomic E-state index is -0.494. The molecule has 0 fully saturated rings. The molecule has 8 heteroatoms. The maximum absolute atomic E-state index is 13.0. The summed E-state index contributed by atoms with van der Waals surface area (Å²) >= 11 is 1.29. The molecular weight excluding hydrogens is 460 g/mol. The van der Waals surface area contributed by atoms with Gasteiger partial charge in [0.15, 0.2) is 16.8 Å². The zero-order chi connectivity index (χ0) is 24.8. The van der Waals surface area contributed by atoms with E-state index in [2.05, 4.69) is 15.5 Å². The van der Waals surface area contributed by atoms with Crippen molar-refractivity contribution in [1.82, 2.24) is 14.8 Å². The van der Waals surface area contributed by atoms with Crippen LogP contribution in [0.25, 0.3) is 5.69 Å². The second-order valence-electron chi connectivity index (χ2n) is 7.98. The Labute approximate surface area is 208 Å². The Morgan fingerprint density at radius 1 is 0.971 bits per heavy atom. The third kappa shape index (κ3) is 5.78. The zero-order valence-electron chi connectivity index (χ0n) is 19.8. The number of hydrogen-bond acceptors (Lipinski definition) is 6. The van der Waals surface area contributed by atoms with Gasteiger partial charge in [0.25, 0.3) is 0 Å². The van der Waals surface area contributed by atoms with Gasteiger partial charge in [-0.25, -0.2) is 0 Å². The number of nitrogens with one attached hydrogen (secondary N) is 1. The minimum Gasteiger partial charge on any atom is -0.485 e. The first-order chi connectivity index (χ1) is 16.9. The van der Waals surface area contributed by atoms with Crippen molar-refractivity contribution in [1.29, 1.82) is 0 Å². The number of nitrogens with zero attached hydrogens (tertiary/aromatic N) is 3. The number of para-hydroxylation sites is 3. The summed E-state index contributed by atoms with van der Waals surface area (Å²) in [5.41, 5.74) is 2.87. The molecule has 0 spiro atoms. The molecule has 35 heavy (non-hydrogen) atoms. The number of hydrogen-bond donors (Lipinski definition) is 1. The van der Waals surface area contributed by atoms with E-state index in [9.17, 15) is 9.59 Å². The number of benzene rings is 3. The minimum absolute atomic E-state index is 0.108. The lowest BCUT2D eigenvalue weighted by Gasteiger charge is -2.15. The van der Waals surface area contributed by atoms with Gasteiger partial charge in [-0.1, -0.05) is 60.3 Å². The van der Waals surface area contributed by atoms with Crippen LogP contribution in [-0.2, 0) is 11.4 Å². The quantitative estimate of drug-likeness (QED) is 0.249. The molecule has 1 heterocycles. The van der Waals surface area contributed by atoms with Gasteiger partial charge in [-0.2, -0.15) is 0 Å². The van der Waals surface area contributed by atoms with Gasteiger partial charge in [0.1, 0.15) is 12.4 Å². The van der Waals surface area contributed by atoms with E-state index in [0.717, 1.165) is 17.0 Å². The van der Waals surface area contributed by atoms with Crippen molar-refractivity contribution in [2.24, 2.45) is 0 Å². The van der Waals surface area contributed by atoms with Crippen molar-refractivity contribution < 1.29 is 14.3 Å². The molecule has 4 rings (SSSR count). The molecule has 1 amide bonds. The first-order valence-corrected chi connectivity index (χ1v) is 12.1. The molecule has 1 N–H and O–H groups in total. The Bertz CT molecular complexity index is 1340. The third-order valence-corrected chi connectivity index (χ3v) is 6.42. The molecule has 0 aliphatic heterocycles. The van der Waals surface area contributed by atoms with Crippen LogP contribution >= 0.6 is 11.8 Å². The summed E-state index contributed by atoms with van der Waals surface area (Å²) in [6, 6.07) is 24.5. The number of carbonyl (C=O) groups excluding carboxylic acids is 2. The van der Waals surface area contributed by atoms with E-state index in [1.165, 1.54) is 18.7 Å². The maximum atomic E-state index is 13.0. The summed E-state index contributed by atoms with van der Waals surface area (Å²) in [6.45, 7) is 5.49. The summed E-state index contributed by atoms with van der Waals surface area (Å²) in [5, 5.41) is 11.7. The van der Waals surface area contributed by atoms with Crippen LogP contribution in [0.1, 0.15) is 35.6 Å². The van der Waals surface area contributed by atoms with Crippen molar-refractivity contribution in [2.75, 3.05) is 5.32 Å². The van der Waals surface area contributed by atoms with Gasteiger partial charge in [-0.05, 0) is 56.7 Å². The van der Waals surface area contributed by atoms with Crippen molar-refractivity contribution in [3.8, 4) is 11.4 Å². The monoisotopic (exact) mass is 486 g/mol. The highest BCUT2D eigenvalue weighted by atomic mass is 32.2. The molecule has 0 aliphatic rings. The van der Waals surface area contributed by atoms with Gasteiger partial charge in [0, 0.05) is 11.3 Å². The standard InChI is InChI=1S/C27H26N4O3S/c1-18-11-7-10-16-24(18)34-17-25-29-30-27(31(25)21-12-5-4-6-13-21)35-20(3)26(33)28-23-15-9-8-14-22(23)19(2)32/h4-16,20H,17H2,1-3H3,(H,28,33). The Balaban J connectivity index is 1.56. The molecule has 178 valence electrons. The fourth-order valence-corrected chi connectivity index (χ4v) is 4.40. The van der Waals surface area contributed by atoms with Crippen molar-refractivity contribution >= 4 is 29.1 Å².